The van der Waals surface area contributed by atoms with Crippen molar-refractivity contribution in [2.24, 2.45) is 0 Å². The van der Waals surface area contributed by atoms with Crippen molar-refractivity contribution in [3.05, 3.63) is 132 Å². The number of aryl methyl sites for hydroxylation is 1. The number of amides is 3. The minimum Gasteiger partial charge on any atom is -0.343 e. The monoisotopic (exact) mass is 630 g/mol. The van der Waals surface area contributed by atoms with Crippen LogP contribution in [-0.2, 0) is 22.4 Å². The Bertz CT molecular complexity index is 1580. The lowest BCUT2D eigenvalue weighted by Gasteiger charge is -2.33. The number of carbonyl (C=O) groups excluding carboxylic acids is 3. The van der Waals surface area contributed by atoms with Gasteiger partial charge in [0.15, 0.2) is 0 Å². The molecule has 4 aromatic rings. The average Bonchev–Trinajstić information content (AvgIpc) is 3.60. The van der Waals surface area contributed by atoms with Crippen LogP contribution in [-0.4, -0.2) is 72.3 Å². The Kier molecular flexibility index (Phi) is 11.9. The van der Waals surface area contributed by atoms with Gasteiger partial charge in [0, 0.05) is 31.2 Å². The Morgan fingerprint density at radius 1 is 0.787 bits per heavy atom. The minimum atomic E-state index is -0.655. The molecule has 0 radical (unpaired) electrons. The van der Waals surface area contributed by atoms with Crippen molar-refractivity contribution in [2.75, 3.05) is 26.7 Å². The van der Waals surface area contributed by atoms with Crippen LogP contribution in [0.4, 0.5) is 0 Å². The molecule has 7 nitrogen and oxygen atoms in total. The highest BCUT2D eigenvalue weighted by atomic mass is 16.2. The Morgan fingerprint density at radius 3 is 1.98 bits per heavy atom. The molecule has 0 unspecified atom stereocenters. The van der Waals surface area contributed by atoms with E-state index in [1.54, 1.807) is 14.0 Å². The maximum Gasteiger partial charge on any atom is 0.253 e. The first-order valence-corrected chi connectivity index (χ1v) is 16.7. The van der Waals surface area contributed by atoms with Crippen molar-refractivity contribution in [1.82, 2.24) is 20.4 Å². The van der Waals surface area contributed by atoms with E-state index in [4.69, 9.17) is 0 Å². The predicted octanol–water partition coefficient (Wildman–Crippen LogP) is 5.76. The number of carbonyl (C=O) groups is 3. The number of hydrogen-bond donors (Lipinski definition) is 2. The normalized spacial score (nSPS) is 15.5. The molecule has 1 aliphatic rings. The van der Waals surface area contributed by atoms with Gasteiger partial charge < -0.3 is 20.4 Å². The van der Waals surface area contributed by atoms with Gasteiger partial charge in [-0.25, -0.2) is 0 Å². The SMILES string of the molecule is CN[C@@H](C)C(=O)N[C@@H](CCc1ccccc1)C(=O)N1CCC[C@H]1CN(CCc1ccccc1)C(=O)c1ccc(-c2ccccc2)cc1. The Morgan fingerprint density at radius 2 is 1.36 bits per heavy atom. The van der Waals surface area contributed by atoms with Crippen LogP contribution in [0.1, 0.15) is 47.7 Å². The molecule has 5 rings (SSSR count). The van der Waals surface area contributed by atoms with Crippen LogP contribution >= 0.6 is 0 Å². The van der Waals surface area contributed by atoms with Gasteiger partial charge in [-0.2, -0.15) is 0 Å². The van der Waals surface area contributed by atoms with Crippen molar-refractivity contribution in [1.29, 1.82) is 0 Å². The number of likely N-dealkylation sites (tertiary alicyclic amines) is 1. The van der Waals surface area contributed by atoms with E-state index >= 15 is 0 Å². The maximum absolute atomic E-state index is 14.2. The summed E-state index contributed by atoms with van der Waals surface area (Å²) in [6, 6.07) is 36.9. The lowest BCUT2D eigenvalue weighted by Crippen LogP contribution is -2.55. The van der Waals surface area contributed by atoms with E-state index in [1.165, 1.54) is 0 Å². The van der Waals surface area contributed by atoms with Crippen LogP contribution in [0.25, 0.3) is 11.1 Å². The molecule has 7 heteroatoms. The maximum atomic E-state index is 14.2. The molecule has 1 saturated heterocycles. The molecule has 1 fully saturated rings. The summed E-state index contributed by atoms with van der Waals surface area (Å²) in [5.74, 6) is -0.326. The zero-order valence-electron chi connectivity index (χ0n) is 27.5. The van der Waals surface area contributed by atoms with Crippen molar-refractivity contribution < 1.29 is 14.4 Å². The summed E-state index contributed by atoms with van der Waals surface area (Å²) in [6.07, 6.45) is 3.55. The summed E-state index contributed by atoms with van der Waals surface area (Å²) in [4.78, 5) is 45.0. The van der Waals surface area contributed by atoms with Crippen LogP contribution in [0.3, 0.4) is 0 Å². The van der Waals surface area contributed by atoms with E-state index in [1.807, 2.05) is 101 Å². The number of nitrogens with one attached hydrogen (secondary N) is 2. The van der Waals surface area contributed by atoms with Crippen molar-refractivity contribution >= 4 is 17.7 Å². The second kappa shape index (κ2) is 16.7. The van der Waals surface area contributed by atoms with E-state index in [0.717, 1.165) is 35.1 Å². The summed E-state index contributed by atoms with van der Waals surface area (Å²) in [5.41, 5.74) is 5.07. The molecule has 0 aliphatic carbocycles. The molecule has 0 bridgehead atoms. The molecule has 4 aromatic carbocycles. The summed E-state index contributed by atoms with van der Waals surface area (Å²) in [6.45, 7) is 3.37. The summed E-state index contributed by atoms with van der Waals surface area (Å²) < 4.78 is 0. The second-order valence-corrected chi connectivity index (χ2v) is 12.4. The first kappa shape index (κ1) is 33.6. The molecular formula is C40H46N4O3. The summed E-state index contributed by atoms with van der Waals surface area (Å²) >= 11 is 0. The summed E-state index contributed by atoms with van der Waals surface area (Å²) in [7, 11) is 1.73. The molecule has 3 atom stereocenters. The van der Waals surface area contributed by atoms with Gasteiger partial charge in [0.25, 0.3) is 5.91 Å². The fraction of sp³-hybridized carbons (Fsp3) is 0.325. The van der Waals surface area contributed by atoms with Gasteiger partial charge >= 0.3 is 0 Å². The lowest BCUT2D eigenvalue weighted by molar-refractivity contribution is -0.137. The fourth-order valence-electron chi connectivity index (χ4n) is 6.21. The van der Waals surface area contributed by atoms with E-state index < -0.39 is 12.1 Å². The Hall–Kier alpha value is -4.75. The average molecular weight is 631 g/mol. The van der Waals surface area contributed by atoms with E-state index in [2.05, 4.69) is 34.9 Å². The Balaban J connectivity index is 1.34. The number of rotatable bonds is 14. The first-order valence-electron chi connectivity index (χ1n) is 16.7. The van der Waals surface area contributed by atoms with Gasteiger partial charge in [-0.1, -0.05) is 103 Å². The largest absolute Gasteiger partial charge is 0.343 e. The highest BCUT2D eigenvalue weighted by molar-refractivity contribution is 5.95. The van der Waals surface area contributed by atoms with Crippen molar-refractivity contribution in [3.63, 3.8) is 0 Å². The first-order chi connectivity index (χ1) is 22.9. The molecule has 244 valence electrons. The number of benzene rings is 4. The minimum absolute atomic E-state index is 0.0448. The van der Waals surface area contributed by atoms with Gasteiger partial charge in [-0.3, -0.25) is 14.4 Å². The van der Waals surface area contributed by atoms with Gasteiger partial charge in [0.2, 0.25) is 11.8 Å². The molecule has 1 heterocycles. The van der Waals surface area contributed by atoms with Gasteiger partial charge in [0.05, 0.1) is 6.04 Å². The highest BCUT2D eigenvalue weighted by Gasteiger charge is 2.36. The summed E-state index contributed by atoms with van der Waals surface area (Å²) in [5, 5.41) is 6.00. The predicted molar refractivity (Wildman–Crippen MR) is 188 cm³/mol. The second-order valence-electron chi connectivity index (χ2n) is 12.4. The van der Waals surface area contributed by atoms with Crippen LogP contribution < -0.4 is 10.6 Å². The smallest absolute Gasteiger partial charge is 0.253 e. The van der Waals surface area contributed by atoms with Gasteiger partial charge in [-0.05, 0) is 80.5 Å². The van der Waals surface area contributed by atoms with E-state index in [0.29, 0.717) is 44.5 Å². The number of nitrogens with zero attached hydrogens (tertiary/aromatic N) is 2. The quantitative estimate of drug-likeness (QED) is 0.186. The third kappa shape index (κ3) is 9.17. The van der Waals surface area contributed by atoms with E-state index in [-0.39, 0.29) is 23.8 Å². The lowest BCUT2D eigenvalue weighted by atomic mass is 10.0. The van der Waals surface area contributed by atoms with Crippen LogP contribution in [0, 0.1) is 0 Å². The van der Waals surface area contributed by atoms with Crippen LogP contribution in [0.2, 0.25) is 0 Å². The molecule has 0 aromatic heterocycles. The highest BCUT2D eigenvalue weighted by Crippen LogP contribution is 2.24. The van der Waals surface area contributed by atoms with E-state index in [9.17, 15) is 14.4 Å². The number of likely N-dealkylation sites (N-methyl/N-ethyl adjacent to an activating group) is 1. The molecule has 2 N–H and O–H groups in total. The third-order valence-corrected chi connectivity index (χ3v) is 9.14. The van der Waals surface area contributed by atoms with Crippen molar-refractivity contribution in [3.8, 4) is 11.1 Å². The molecule has 0 saturated carbocycles. The zero-order chi connectivity index (χ0) is 33.0. The Labute approximate surface area is 279 Å². The third-order valence-electron chi connectivity index (χ3n) is 9.14. The van der Waals surface area contributed by atoms with Gasteiger partial charge in [-0.15, -0.1) is 0 Å². The van der Waals surface area contributed by atoms with Crippen LogP contribution in [0.5, 0.6) is 0 Å². The molecule has 47 heavy (non-hydrogen) atoms. The molecule has 1 aliphatic heterocycles. The molecular weight excluding hydrogens is 584 g/mol. The fourth-order valence-corrected chi connectivity index (χ4v) is 6.21. The van der Waals surface area contributed by atoms with Gasteiger partial charge in [0.1, 0.15) is 6.04 Å². The standard InChI is InChI=1S/C40H46N4O3/c1-30(41-2)38(45)42-37(25-20-31-13-6-3-7-14-31)40(47)44-27-12-19-36(44)29-43(28-26-32-15-8-4-9-16-32)39(46)35-23-21-34(22-24-35)33-17-10-5-11-18-33/h3-11,13-18,21-24,30,36-37,41H,12,19-20,25-29H2,1-2H3,(H,42,45)/t30-,36-,37-/m0/s1. The molecule has 0 spiro atoms. The molecule has 3 amide bonds. The topological polar surface area (TPSA) is 81.8 Å². The van der Waals surface area contributed by atoms with Crippen molar-refractivity contribution in [2.45, 2.75) is 57.2 Å². The van der Waals surface area contributed by atoms with Crippen LogP contribution in [0.15, 0.2) is 115 Å². The zero-order valence-corrected chi connectivity index (χ0v) is 27.5. The number of hydrogen-bond acceptors (Lipinski definition) is 4.